The molecule has 0 aromatic carbocycles. The van der Waals surface area contributed by atoms with Crippen LogP contribution in [0, 0.1) is 0 Å². The van der Waals surface area contributed by atoms with Crippen molar-refractivity contribution in [1.82, 2.24) is 9.80 Å². The van der Waals surface area contributed by atoms with Crippen molar-refractivity contribution in [2.45, 2.75) is 56.7 Å². The van der Waals surface area contributed by atoms with Gasteiger partial charge in [-0.15, -0.1) is 0 Å². The molecule has 3 unspecified atom stereocenters. The van der Waals surface area contributed by atoms with Gasteiger partial charge in [0.15, 0.2) is 0 Å². The van der Waals surface area contributed by atoms with E-state index in [1.807, 2.05) is 6.92 Å². The third-order valence-electron chi connectivity index (χ3n) is 5.13. The van der Waals surface area contributed by atoms with Gasteiger partial charge in [-0.05, 0) is 52.1 Å². The Bertz CT molecular complexity index is 333. The lowest BCUT2D eigenvalue weighted by molar-refractivity contribution is -0.150. The van der Waals surface area contributed by atoms with E-state index in [1.165, 1.54) is 25.9 Å². The van der Waals surface area contributed by atoms with Crippen molar-refractivity contribution in [1.29, 1.82) is 0 Å². The lowest BCUT2D eigenvalue weighted by Gasteiger charge is -2.38. The molecule has 0 spiro atoms. The van der Waals surface area contributed by atoms with Gasteiger partial charge >= 0.3 is 5.97 Å². The molecular weight excluding hydrogens is 216 g/mol. The van der Waals surface area contributed by atoms with Crippen LogP contribution in [-0.2, 0) is 4.79 Å². The van der Waals surface area contributed by atoms with Gasteiger partial charge in [0.25, 0.3) is 0 Å². The average molecular weight is 238 g/mol. The van der Waals surface area contributed by atoms with Gasteiger partial charge in [0.1, 0.15) is 5.54 Å². The van der Waals surface area contributed by atoms with E-state index >= 15 is 0 Å². The summed E-state index contributed by atoms with van der Waals surface area (Å²) in [7, 11) is 0. The number of hydrogen-bond acceptors (Lipinski definition) is 3. The molecule has 4 heteroatoms. The summed E-state index contributed by atoms with van der Waals surface area (Å²) in [5.74, 6) is -0.633. The highest BCUT2D eigenvalue weighted by atomic mass is 16.4. The van der Waals surface area contributed by atoms with Crippen LogP contribution in [0.1, 0.15) is 39.0 Å². The minimum absolute atomic E-state index is 0.487. The van der Waals surface area contributed by atoms with Crippen LogP contribution in [0.5, 0.6) is 0 Å². The number of carboxylic acid groups (broad SMARTS) is 1. The summed E-state index contributed by atoms with van der Waals surface area (Å²) in [4.78, 5) is 16.4. The Morgan fingerprint density at radius 1 is 1.18 bits per heavy atom. The molecule has 3 atom stereocenters. The highest BCUT2D eigenvalue weighted by Crippen LogP contribution is 2.39. The third-order valence-corrected chi connectivity index (χ3v) is 5.13. The molecular formula is C13H22N2O2. The first-order valence-electron chi connectivity index (χ1n) is 6.87. The Hall–Kier alpha value is -0.610. The van der Waals surface area contributed by atoms with Gasteiger partial charge in [0.05, 0.1) is 0 Å². The molecule has 3 rings (SSSR count). The molecule has 0 aromatic heterocycles. The van der Waals surface area contributed by atoms with Crippen molar-refractivity contribution in [3.05, 3.63) is 0 Å². The molecule has 0 aromatic rings. The SMILES string of the molecule is CC1(C(=O)O)CCCN1C1CCN2CCCC12. The molecule has 17 heavy (non-hydrogen) atoms. The van der Waals surface area contributed by atoms with E-state index in [-0.39, 0.29) is 0 Å². The molecule has 3 heterocycles. The lowest BCUT2D eigenvalue weighted by Crippen LogP contribution is -2.55. The number of nitrogens with zero attached hydrogens (tertiary/aromatic N) is 2. The van der Waals surface area contributed by atoms with E-state index in [2.05, 4.69) is 9.80 Å². The second kappa shape index (κ2) is 3.95. The van der Waals surface area contributed by atoms with Gasteiger partial charge in [-0.25, -0.2) is 0 Å². The molecule has 0 saturated carbocycles. The number of rotatable bonds is 2. The second-order valence-electron chi connectivity index (χ2n) is 5.98. The topological polar surface area (TPSA) is 43.8 Å². The predicted octanol–water partition coefficient (Wildman–Crippen LogP) is 1.16. The summed E-state index contributed by atoms with van der Waals surface area (Å²) < 4.78 is 0. The maximum atomic E-state index is 11.5. The van der Waals surface area contributed by atoms with Crippen LogP contribution < -0.4 is 0 Å². The largest absolute Gasteiger partial charge is 0.480 e. The van der Waals surface area contributed by atoms with Crippen molar-refractivity contribution >= 4 is 5.97 Å². The average Bonchev–Trinajstić information content (AvgIpc) is 2.92. The Morgan fingerprint density at radius 2 is 2.00 bits per heavy atom. The van der Waals surface area contributed by atoms with Crippen LogP contribution in [-0.4, -0.2) is 58.1 Å². The zero-order valence-corrected chi connectivity index (χ0v) is 10.6. The number of carbonyl (C=O) groups is 1. The van der Waals surface area contributed by atoms with Crippen molar-refractivity contribution in [3.63, 3.8) is 0 Å². The minimum Gasteiger partial charge on any atom is -0.480 e. The zero-order chi connectivity index (χ0) is 12.0. The fourth-order valence-electron chi connectivity index (χ4n) is 4.16. The van der Waals surface area contributed by atoms with Crippen molar-refractivity contribution < 1.29 is 9.90 Å². The third kappa shape index (κ3) is 1.61. The van der Waals surface area contributed by atoms with Crippen molar-refractivity contribution in [3.8, 4) is 0 Å². The Morgan fingerprint density at radius 3 is 2.76 bits per heavy atom. The van der Waals surface area contributed by atoms with Crippen LogP contribution in [0.25, 0.3) is 0 Å². The Labute approximate surface area is 103 Å². The summed E-state index contributed by atoms with van der Waals surface area (Å²) in [5, 5.41) is 9.49. The van der Waals surface area contributed by atoms with Crippen LogP contribution in [0.15, 0.2) is 0 Å². The first kappa shape index (κ1) is 11.5. The predicted molar refractivity (Wildman–Crippen MR) is 65.0 cm³/mol. The summed E-state index contributed by atoms with van der Waals surface area (Å²) in [5.41, 5.74) is -0.608. The van der Waals surface area contributed by atoms with Crippen LogP contribution >= 0.6 is 0 Å². The molecule has 4 nitrogen and oxygen atoms in total. The molecule has 0 radical (unpaired) electrons. The van der Waals surface area contributed by atoms with Crippen LogP contribution in [0.2, 0.25) is 0 Å². The van der Waals surface area contributed by atoms with Gasteiger partial charge in [0.2, 0.25) is 0 Å². The van der Waals surface area contributed by atoms with Crippen LogP contribution in [0.3, 0.4) is 0 Å². The molecule has 3 aliphatic rings. The normalized spacial score (nSPS) is 43.1. The molecule has 0 bridgehead atoms. The first-order valence-corrected chi connectivity index (χ1v) is 6.87. The summed E-state index contributed by atoms with van der Waals surface area (Å²) in [6.45, 7) is 5.28. The smallest absolute Gasteiger partial charge is 0.323 e. The Balaban J connectivity index is 1.82. The van der Waals surface area contributed by atoms with Gasteiger partial charge in [-0.3, -0.25) is 14.6 Å². The lowest BCUT2D eigenvalue weighted by atomic mass is 9.95. The number of likely N-dealkylation sites (tertiary alicyclic amines) is 1. The molecule has 1 N–H and O–H groups in total. The van der Waals surface area contributed by atoms with Gasteiger partial charge in [-0.1, -0.05) is 0 Å². The van der Waals surface area contributed by atoms with Crippen molar-refractivity contribution in [2.75, 3.05) is 19.6 Å². The van der Waals surface area contributed by atoms with Gasteiger partial charge in [0, 0.05) is 18.6 Å². The number of carboxylic acids is 1. The van der Waals surface area contributed by atoms with E-state index in [0.717, 1.165) is 25.8 Å². The van der Waals surface area contributed by atoms with E-state index in [9.17, 15) is 9.90 Å². The van der Waals surface area contributed by atoms with E-state index < -0.39 is 11.5 Å². The maximum absolute atomic E-state index is 11.5. The minimum atomic E-state index is -0.633. The monoisotopic (exact) mass is 238 g/mol. The zero-order valence-electron chi connectivity index (χ0n) is 10.6. The molecule has 0 amide bonds. The van der Waals surface area contributed by atoms with Crippen molar-refractivity contribution in [2.24, 2.45) is 0 Å². The Kier molecular flexibility index (Phi) is 2.67. The fraction of sp³-hybridized carbons (Fsp3) is 0.923. The number of hydrogen-bond donors (Lipinski definition) is 1. The number of aliphatic carboxylic acids is 1. The summed E-state index contributed by atoms with van der Waals surface area (Å²) in [6, 6.07) is 1.12. The second-order valence-corrected chi connectivity index (χ2v) is 5.98. The summed E-state index contributed by atoms with van der Waals surface area (Å²) >= 11 is 0. The standard InChI is InChI=1S/C13H22N2O2/c1-13(12(16)17)6-3-8-15(13)11-5-9-14-7-2-4-10(11)14/h10-11H,2-9H2,1H3,(H,16,17). The molecule has 96 valence electrons. The molecule has 3 aliphatic heterocycles. The molecule has 3 saturated heterocycles. The van der Waals surface area contributed by atoms with E-state index in [1.54, 1.807) is 0 Å². The van der Waals surface area contributed by atoms with Gasteiger partial charge in [-0.2, -0.15) is 0 Å². The van der Waals surface area contributed by atoms with Gasteiger partial charge < -0.3 is 5.11 Å². The highest BCUT2D eigenvalue weighted by molar-refractivity contribution is 5.78. The fourth-order valence-corrected chi connectivity index (χ4v) is 4.16. The quantitative estimate of drug-likeness (QED) is 0.784. The molecule has 0 aliphatic carbocycles. The highest BCUT2D eigenvalue weighted by Gasteiger charge is 2.51. The maximum Gasteiger partial charge on any atom is 0.323 e. The molecule has 3 fully saturated rings. The first-order chi connectivity index (χ1) is 8.13. The number of fused-ring (bicyclic) bond motifs is 1. The van der Waals surface area contributed by atoms with E-state index in [4.69, 9.17) is 0 Å². The summed E-state index contributed by atoms with van der Waals surface area (Å²) in [6.07, 6.45) is 5.56. The van der Waals surface area contributed by atoms with Crippen LogP contribution in [0.4, 0.5) is 0 Å². The van der Waals surface area contributed by atoms with E-state index in [0.29, 0.717) is 12.1 Å².